The number of carboxylic acids is 4. The van der Waals surface area contributed by atoms with Crippen molar-refractivity contribution in [2.45, 2.75) is 210 Å². The Bertz CT molecular complexity index is 3530. The van der Waals surface area contributed by atoms with Crippen LogP contribution in [0.5, 0.6) is 5.75 Å². The van der Waals surface area contributed by atoms with Crippen molar-refractivity contribution in [2.24, 2.45) is 29.2 Å². The monoisotopic (exact) mass is 1520 g/mol. The summed E-state index contributed by atoms with van der Waals surface area (Å²) in [5.41, 5.74) is 11.4. The number of nitrogens with two attached hydrogens (primary N) is 2. The highest BCUT2D eigenvalue weighted by Crippen LogP contribution is 2.57. The van der Waals surface area contributed by atoms with E-state index in [2.05, 4.69) is 42.5 Å². The maximum atomic E-state index is 14.9. The standard InChI is InChI=1S/C66H96N13O24PS/c1-7-36(5)55(64(96)74-45(31-35(3)4)57(89)69-33-54(87)88)75-63(95)49-16-12-30-78(49)66(98)56(37(6)8-2)76-60(92)44(24-28-53(85)86)70-58(90)43(23-27-52(83)84)71-61(93)46(32-38-17-19-40(20-18-38)103-104(101,102)105-34-39-13-9-10-14-47(39)79(99)100)73-59(91)42(22-25-50(68)80)72-62(94)48-15-11-29-77(48)65(97)41(67)21-26-51(81)82/h9-10,13-14,17-20,35-37,41-46,48-49,55-56H,7-8,11-12,15-16,21-34,67H2,1-6H3,(H2,68,80)(H,69,89)(H,70,90)(H,71,93)(H,72,94)(H,73,91)(H,74,96)(H,75,95)(H,76,92)(H,81,82)(H,83,84)(H,85,86)(H,87,88)(H,101,102)/t36-,37-,41-,42-,43-,44-,45-,46-,48-,49-,55-,56-/m0/s1. The molecule has 1 unspecified atom stereocenters. The third kappa shape index (κ3) is 28.6. The van der Waals surface area contributed by atoms with E-state index in [1.165, 1.54) is 53.4 Å². The molecule has 13 atom stereocenters. The number of carbonyl (C=O) groups excluding carboxylic acids is 11. The molecule has 2 saturated heterocycles. The number of benzene rings is 2. The van der Waals surface area contributed by atoms with E-state index in [0.29, 0.717) is 17.8 Å². The molecule has 2 aliphatic heterocycles. The van der Waals surface area contributed by atoms with Gasteiger partial charge in [-0.3, -0.25) is 82.0 Å². The van der Waals surface area contributed by atoms with Crippen molar-refractivity contribution < 1.29 is 111 Å². The quantitative estimate of drug-likeness (QED) is 0.0243. The zero-order valence-corrected chi connectivity index (χ0v) is 60.8. The highest BCUT2D eigenvalue weighted by Gasteiger charge is 2.44. The lowest BCUT2D eigenvalue weighted by molar-refractivity contribution is -0.385. The molecule has 0 aliphatic carbocycles. The van der Waals surface area contributed by atoms with Crippen LogP contribution in [0.2, 0.25) is 0 Å². The molecule has 2 aromatic rings. The molecule has 2 heterocycles. The van der Waals surface area contributed by atoms with Gasteiger partial charge >= 0.3 is 30.7 Å². The van der Waals surface area contributed by atoms with Crippen LogP contribution in [0.1, 0.15) is 149 Å². The number of likely N-dealkylation sites (tertiary alicyclic amines) is 2. The largest absolute Gasteiger partial charge is 0.481 e. The zero-order chi connectivity index (χ0) is 78.6. The van der Waals surface area contributed by atoms with Gasteiger partial charge in [-0.1, -0.05) is 84.7 Å². The SMILES string of the molecule is CC[C@H](C)[C@H](NC(=O)[C@@H]1CCCN1C(=O)[C@@H](NC(=O)[C@H](CCC(=O)O)NC(=O)[C@H](CCC(=O)O)NC(=O)[C@H](Cc1ccc(OP(=O)(O)SCc2ccccc2[N+](=O)[O-])cc1)NC(=O)[C@H](CCC(N)=O)NC(=O)[C@@H]1CCCN1C(=O)[C@@H](N)CCC(=O)O)[C@@H](C)CC)C(=O)N[C@@H](CC(C)C)C(=O)NCC(=O)O. The van der Waals surface area contributed by atoms with Crippen LogP contribution in [0.3, 0.4) is 0 Å². The predicted molar refractivity (Wildman–Crippen MR) is 374 cm³/mol. The van der Waals surface area contributed by atoms with E-state index < -0.39 is 231 Å². The summed E-state index contributed by atoms with van der Waals surface area (Å²) < 4.78 is 18.6. The number of nitrogens with one attached hydrogen (secondary N) is 8. The summed E-state index contributed by atoms with van der Waals surface area (Å²) in [7, 11) is 0. The number of rotatable bonds is 45. The number of carboxylic acid groups (broad SMARTS) is 4. The van der Waals surface area contributed by atoms with Crippen molar-refractivity contribution in [2.75, 3.05) is 19.6 Å². The first-order chi connectivity index (χ1) is 49.4. The Morgan fingerprint density at radius 1 is 0.590 bits per heavy atom. The highest BCUT2D eigenvalue weighted by molar-refractivity contribution is 8.54. The first kappa shape index (κ1) is 87.6. The van der Waals surface area contributed by atoms with Crippen LogP contribution >= 0.6 is 18.2 Å². The molecule has 0 saturated carbocycles. The number of nitrogens with zero attached hydrogens (tertiary/aromatic N) is 3. The molecule has 4 rings (SSSR count). The Balaban J connectivity index is 1.69. The summed E-state index contributed by atoms with van der Waals surface area (Å²) in [6.45, 7) is 4.86. The van der Waals surface area contributed by atoms with E-state index in [4.69, 9.17) is 21.1 Å². The van der Waals surface area contributed by atoms with E-state index >= 15 is 0 Å². The van der Waals surface area contributed by atoms with E-state index in [9.17, 15) is 107 Å². The van der Waals surface area contributed by atoms with Gasteiger partial charge in [0.05, 0.1) is 11.0 Å². The van der Waals surface area contributed by atoms with E-state index in [1.807, 2.05) is 0 Å². The lowest BCUT2D eigenvalue weighted by atomic mass is 9.95. The molecule has 0 spiro atoms. The molecule has 39 heteroatoms. The summed E-state index contributed by atoms with van der Waals surface area (Å²) in [5.74, 6) is -18.1. The second kappa shape index (κ2) is 42.2. The van der Waals surface area contributed by atoms with E-state index in [0.717, 1.165) is 4.90 Å². The van der Waals surface area contributed by atoms with Crippen LogP contribution in [-0.4, -0.2) is 209 Å². The van der Waals surface area contributed by atoms with Crippen molar-refractivity contribution in [1.29, 1.82) is 0 Å². The summed E-state index contributed by atoms with van der Waals surface area (Å²) in [6, 6.07) is -4.78. The topological polar surface area (TPSA) is 581 Å². The highest BCUT2D eigenvalue weighted by atomic mass is 32.7. The minimum atomic E-state index is -4.62. The molecular formula is C66H96N13O24PS. The van der Waals surface area contributed by atoms with Gasteiger partial charge in [0.15, 0.2) is 0 Å². The predicted octanol–water partition coefficient (Wildman–Crippen LogP) is 0.452. The lowest BCUT2D eigenvalue weighted by Crippen LogP contribution is -2.61. The van der Waals surface area contributed by atoms with E-state index in [-0.39, 0.29) is 92.3 Å². The lowest BCUT2D eigenvalue weighted by Gasteiger charge is -2.33. The summed E-state index contributed by atoms with van der Waals surface area (Å²) in [5, 5.41) is 69.6. The van der Waals surface area contributed by atoms with Crippen molar-refractivity contribution in [3.63, 3.8) is 0 Å². The molecule has 0 aromatic heterocycles. The second-order valence-electron chi connectivity index (χ2n) is 26.1. The fourth-order valence-corrected chi connectivity index (χ4v) is 13.8. The van der Waals surface area contributed by atoms with Crippen LogP contribution in [0.15, 0.2) is 48.5 Å². The van der Waals surface area contributed by atoms with Crippen molar-refractivity contribution in [3.05, 3.63) is 69.8 Å². The second-order valence-corrected chi connectivity index (χ2v) is 30.0. The molecule has 17 N–H and O–H groups in total. The van der Waals surface area contributed by atoms with Crippen molar-refractivity contribution >= 4 is 113 Å². The van der Waals surface area contributed by atoms with Crippen LogP contribution in [0.4, 0.5) is 5.69 Å². The number of carbonyl (C=O) groups is 15. The number of amides is 11. The van der Waals surface area contributed by atoms with Gasteiger partial charge < -0.3 is 93.6 Å². The fourth-order valence-electron chi connectivity index (χ4n) is 11.5. The normalized spacial score (nSPS) is 17.5. The van der Waals surface area contributed by atoms with Crippen LogP contribution in [0, 0.1) is 27.9 Å². The average Bonchev–Trinajstić information content (AvgIpc) is 1.76. The molecule has 11 amide bonds. The first-order valence-electron chi connectivity index (χ1n) is 34.3. The molecule has 2 aliphatic rings. The summed E-state index contributed by atoms with van der Waals surface area (Å²) in [6.07, 6.45) is -4.15. The number of nitro benzene ring substituents is 1. The third-order valence-corrected chi connectivity index (χ3v) is 20.4. The molecule has 0 radical (unpaired) electrons. The third-order valence-electron chi connectivity index (χ3n) is 17.6. The maximum Gasteiger partial charge on any atom is 0.437 e. The summed E-state index contributed by atoms with van der Waals surface area (Å²) in [4.78, 5) is 225. The van der Waals surface area contributed by atoms with E-state index in [1.54, 1.807) is 41.5 Å². The van der Waals surface area contributed by atoms with Gasteiger partial charge in [0, 0.05) is 62.6 Å². The van der Waals surface area contributed by atoms with Crippen LogP contribution < -0.4 is 58.5 Å². The van der Waals surface area contributed by atoms with Gasteiger partial charge in [-0.05, 0) is 105 Å². The Morgan fingerprint density at radius 3 is 1.57 bits per heavy atom. The molecule has 2 fully saturated rings. The average molecular weight is 1520 g/mol. The molecule has 37 nitrogen and oxygen atoms in total. The maximum absolute atomic E-state index is 14.9. The smallest absolute Gasteiger partial charge is 0.437 e. The van der Waals surface area contributed by atoms with Gasteiger partial charge in [-0.15, -0.1) is 0 Å². The van der Waals surface area contributed by atoms with Crippen molar-refractivity contribution in [3.8, 4) is 5.75 Å². The molecule has 0 bridgehead atoms. The molecule has 105 heavy (non-hydrogen) atoms. The molecule has 2 aromatic carbocycles. The Kier molecular flexibility index (Phi) is 35.2. The first-order valence-corrected chi connectivity index (χ1v) is 37.4. The number of hydrogen-bond donors (Lipinski definition) is 15. The zero-order valence-electron chi connectivity index (χ0n) is 59.1. The van der Waals surface area contributed by atoms with Gasteiger partial charge in [0.25, 0.3) is 5.69 Å². The molecular weight excluding hydrogens is 1420 g/mol. The van der Waals surface area contributed by atoms with Gasteiger partial charge in [0.2, 0.25) is 65.0 Å². The number of nitro groups is 1. The number of aliphatic carboxylic acids is 4. The number of para-hydroxylation sites is 1. The van der Waals surface area contributed by atoms with Crippen LogP contribution in [0.25, 0.3) is 0 Å². The Hall–Kier alpha value is -9.81. The number of hydrogen-bond acceptors (Lipinski definition) is 21. The minimum absolute atomic E-state index is 0.00772. The number of primary amides is 1. The van der Waals surface area contributed by atoms with Crippen LogP contribution in [-0.2, 0) is 88.7 Å². The minimum Gasteiger partial charge on any atom is -0.481 e. The van der Waals surface area contributed by atoms with Gasteiger partial charge in [0.1, 0.15) is 66.7 Å². The molecule has 580 valence electrons. The Morgan fingerprint density at radius 2 is 1.06 bits per heavy atom. The van der Waals surface area contributed by atoms with Crippen molar-refractivity contribution in [1.82, 2.24) is 52.3 Å². The van der Waals surface area contributed by atoms with Gasteiger partial charge in [-0.25, -0.2) is 4.57 Å². The Labute approximate surface area is 608 Å². The fraction of sp³-hybridized carbons (Fsp3) is 0.591. The van der Waals surface area contributed by atoms with Gasteiger partial charge in [-0.2, -0.15) is 0 Å². The summed E-state index contributed by atoms with van der Waals surface area (Å²) >= 11 is 0.359.